The van der Waals surface area contributed by atoms with Crippen molar-refractivity contribution in [3.05, 3.63) is 40.9 Å². The molecule has 1 aromatic heterocycles. The zero-order valence-corrected chi connectivity index (χ0v) is 17.4. The standard InChI is InChI=1S/C21H27N3O4S/c1-29-11-10-18(21(27)28)23-19(25)15-8-6-14(7-9-15)12-24-13-22-17-5-3-2-4-16(17)20(24)26/h2-5,13-15,18H,6-12H2,1H3,(H,23,25)(H,27,28)/t14?,15?,18-/m1/s1. The average molecular weight is 418 g/mol. The van der Waals surface area contributed by atoms with Gasteiger partial charge < -0.3 is 10.4 Å². The number of carbonyl (C=O) groups excluding carboxylic acids is 1. The number of carboxylic acid groups (broad SMARTS) is 1. The van der Waals surface area contributed by atoms with Crippen LogP contribution in [-0.2, 0) is 16.1 Å². The quantitative estimate of drug-likeness (QED) is 0.684. The van der Waals surface area contributed by atoms with Gasteiger partial charge in [-0.1, -0.05) is 12.1 Å². The number of rotatable bonds is 8. The monoisotopic (exact) mass is 417 g/mol. The van der Waals surface area contributed by atoms with Crippen LogP contribution in [0.5, 0.6) is 0 Å². The van der Waals surface area contributed by atoms with Gasteiger partial charge in [0.05, 0.1) is 17.2 Å². The smallest absolute Gasteiger partial charge is 0.326 e. The Morgan fingerprint density at radius 1 is 1.28 bits per heavy atom. The molecule has 1 aromatic carbocycles. The Balaban J connectivity index is 1.55. The lowest BCUT2D eigenvalue weighted by molar-refractivity contribution is -0.142. The highest BCUT2D eigenvalue weighted by Crippen LogP contribution is 2.30. The van der Waals surface area contributed by atoms with Crippen molar-refractivity contribution in [3.8, 4) is 0 Å². The molecule has 1 fully saturated rings. The van der Waals surface area contributed by atoms with Crippen LogP contribution in [0.4, 0.5) is 0 Å². The lowest BCUT2D eigenvalue weighted by atomic mass is 9.81. The Bertz CT molecular complexity index is 922. The van der Waals surface area contributed by atoms with Gasteiger partial charge in [-0.3, -0.25) is 14.2 Å². The number of amides is 1. The van der Waals surface area contributed by atoms with Crippen LogP contribution < -0.4 is 10.9 Å². The topological polar surface area (TPSA) is 101 Å². The van der Waals surface area contributed by atoms with Gasteiger partial charge >= 0.3 is 5.97 Å². The summed E-state index contributed by atoms with van der Waals surface area (Å²) < 4.78 is 1.66. The number of benzene rings is 1. The van der Waals surface area contributed by atoms with Crippen LogP contribution in [0.25, 0.3) is 10.9 Å². The first-order valence-corrected chi connectivity index (χ1v) is 11.3. The van der Waals surface area contributed by atoms with Gasteiger partial charge in [0, 0.05) is 12.5 Å². The highest BCUT2D eigenvalue weighted by molar-refractivity contribution is 7.98. The fourth-order valence-electron chi connectivity index (χ4n) is 3.90. The Labute approximate surface area is 173 Å². The summed E-state index contributed by atoms with van der Waals surface area (Å²) in [5.74, 6) is -0.301. The van der Waals surface area contributed by atoms with Gasteiger partial charge in [-0.15, -0.1) is 0 Å². The fourth-order valence-corrected chi connectivity index (χ4v) is 4.38. The van der Waals surface area contributed by atoms with E-state index in [4.69, 9.17) is 0 Å². The largest absolute Gasteiger partial charge is 0.480 e. The number of aromatic nitrogens is 2. The molecule has 0 saturated heterocycles. The highest BCUT2D eigenvalue weighted by atomic mass is 32.2. The number of hydrogen-bond acceptors (Lipinski definition) is 5. The molecule has 2 N–H and O–H groups in total. The predicted molar refractivity (Wildman–Crippen MR) is 114 cm³/mol. The van der Waals surface area contributed by atoms with E-state index in [0.29, 0.717) is 48.4 Å². The van der Waals surface area contributed by atoms with Crippen LogP contribution in [0.2, 0.25) is 0 Å². The molecular weight excluding hydrogens is 390 g/mol. The van der Waals surface area contributed by atoms with E-state index in [1.807, 2.05) is 24.5 Å². The van der Waals surface area contributed by atoms with E-state index in [9.17, 15) is 19.5 Å². The minimum atomic E-state index is -0.982. The molecule has 1 saturated carbocycles. The molecule has 0 unspecified atom stereocenters. The molecule has 1 aliphatic rings. The lowest BCUT2D eigenvalue weighted by Crippen LogP contribution is -2.44. The second-order valence-electron chi connectivity index (χ2n) is 7.62. The summed E-state index contributed by atoms with van der Waals surface area (Å²) in [6.45, 7) is 0.594. The number of para-hydroxylation sites is 1. The van der Waals surface area contributed by atoms with Gasteiger partial charge in [-0.2, -0.15) is 11.8 Å². The second kappa shape index (κ2) is 9.91. The molecule has 7 nitrogen and oxygen atoms in total. The molecular formula is C21H27N3O4S. The first kappa shape index (κ1) is 21.4. The first-order chi connectivity index (χ1) is 14.0. The van der Waals surface area contributed by atoms with Crippen molar-refractivity contribution in [2.24, 2.45) is 11.8 Å². The maximum atomic E-state index is 12.6. The summed E-state index contributed by atoms with van der Waals surface area (Å²) in [6, 6.07) is 6.49. The molecule has 0 bridgehead atoms. The zero-order chi connectivity index (χ0) is 20.8. The van der Waals surface area contributed by atoms with Crippen LogP contribution in [-0.4, -0.2) is 44.6 Å². The van der Waals surface area contributed by atoms with Crippen LogP contribution in [0, 0.1) is 11.8 Å². The molecule has 8 heteroatoms. The van der Waals surface area contributed by atoms with Crippen LogP contribution in [0.3, 0.4) is 0 Å². The van der Waals surface area contributed by atoms with Crippen molar-refractivity contribution in [2.75, 3.05) is 12.0 Å². The maximum absolute atomic E-state index is 12.6. The molecule has 1 heterocycles. The van der Waals surface area contributed by atoms with E-state index in [1.54, 1.807) is 28.7 Å². The SMILES string of the molecule is CSCC[C@@H](NC(=O)C1CCC(Cn2cnc3ccccc3c2=O)CC1)C(=O)O. The van der Waals surface area contributed by atoms with Crippen LogP contribution >= 0.6 is 11.8 Å². The van der Waals surface area contributed by atoms with Crippen molar-refractivity contribution in [2.45, 2.75) is 44.7 Å². The van der Waals surface area contributed by atoms with Crippen molar-refractivity contribution in [1.82, 2.24) is 14.9 Å². The molecule has 0 spiro atoms. The van der Waals surface area contributed by atoms with Crippen molar-refractivity contribution in [3.63, 3.8) is 0 Å². The number of nitrogens with zero attached hydrogens (tertiary/aromatic N) is 2. The Morgan fingerprint density at radius 2 is 2.00 bits per heavy atom. The molecule has 3 rings (SSSR count). The molecule has 2 aromatic rings. The van der Waals surface area contributed by atoms with Gasteiger partial charge in [0.25, 0.3) is 5.56 Å². The second-order valence-corrected chi connectivity index (χ2v) is 8.60. The Hall–Kier alpha value is -2.35. The van der Waals surface area contributed by atoms with Gasteiger partial charge in [0.15, 0.2) is 0 Å². The summed E-state index contributed by atoms with van der Waals surface area (Å²) in [6.07, 6.45) is 7.03. The summed E-state index contributed by atoms with van der Waals surface area (Å²) >= 11 is 1.57. The highest BCUT2D eigenvalue weighted by Gasteiger charge is 2.29. The normalized spacial score (nSPS) is 20.3. The summed E-state index contributed by atoms with van der Waals surface area (Å²) in [7, 11) is 0. The molecule has 1 atom stereocenters. The number of fused-ring (bicyclic) bond motifs is 1. The van der Waals surface area contributed by atoms with E-state index >= 15 is 0 Å². The average Bonchev–Trinajstić information content (AvgIpc) is 2.73. The number of thioether (sulfide) groups is 1. The zero-order valence-electron chi connectivity index (χ0n) is 16.5. The third-order valence-electron chi connectivity index (χ3n) is 5.63. The maximum Gasteiger partial charge on any atom is 0.326 e. The molecule has 156 valence electrons. The minimum Gasteiger partial charge on any atom is -0.480 e. The van der Waals surface area contributed by atoms with Crippen LogP contribution in [0.1, 0.15) is 32.1 Å². The first-order valence-electron chi connectivity index (χ1n) is 9.96. The number of carbonyl (C=O) groups is 2. The minimum absolute atomic E-state index is 0.0337. The van der Waals surface area contributed by atoms with Gasteiger partial charge in [-0.05, 0) is 62.2 Å². The molecule has 0 aliphatic heterocycles. The Morgan fingerprint density at radius 3 is 2.69 bits per heavy atom. The molecule has 29 heavy (non-hydrogen) atoms. The van der Waals surface area contributed by atoms with E-state index in [0.717, 1.165) is 12.8 Å². The Kier molecular flexibility index (Phi) is 7.30. The van der Waals surface area contributed by atoms with E-state index in [-0.39, 0.29) is 17.4 Å². The van der Waals surface area contributed by atoms with Gasteiger partial charge in [0.1, 0.15) is 6.04 Å². The fraction of sp³-hybridized carbons (Fsp3) is 0.524. The summed E-state index contributed by atoms with van der Waals surface area (Å²) in [5, 5.41) is 12.6. The van der Waals surface area contributed by atoms with Crippen molar-refractivity contribution < 1.29 is 14.7 Å². The molecule has 1 aliphatic carbocycles. The molecule has 1 amide bonds. The van der Waals surface area contributed by atoms with Gasteiger partial charge in [-0.25, -0.2) is 9.78 Å². The number of carboxylic acids is 1. The third-order valence-corrected chi connectivity index (χ3v) is 6.27. The van der Waals surface area contributed by atoms with Gasteiger partial charge in [0.2, 0.25) is 5.91 Å². The summed E-state index contributed by atoms with van der Waals surface area (Å²) in [5.41, 5.74) is 0.664. The van der Waals surface area contributed by atoms with E-state index in [1.165, 1.54) is 0 Å². The third kappa shape index (κ3) is 5.38. The van der Waals surface area contributed by atoms with Crippen molar-refractivity contribution >= 4 is 34.5 Å². The number of aliphatic carboxylic acids is 1. The lowest BCUT2D eigenvalue weighted by Gasteiger charge is -2.29. The van der Waals surface area contributed by atoms with Crippen molar-refractivity contribution in [1.29, 1.82) is 0 Å². The predicted octanol–water partition coefficient (Wildman–Crippen LogP) is 2.53. The molecule has 0 radical (unpaired) electrons. The number of nitrogens with one attached hydrogen (secondary N) is 1. The summed E-state index contributed by atoms with van der Waals surface area (Å²) in [4.78, 5) is 40.9. The van der Waals surface area contributed by atoms with Crippen LogP contribution in [0.15, 0.2) is 35.4 Å². The number of hydrogen-bond donors (Lipinski definition) is 2. The van der Waals surface area contributed by atoms with E-state index in [2.05, 4.69) is 10.3 Å². The van der Waals surface area contributed by atoms with E-state index < -0.39 is 12.0 Å².